The van der Waals surface area contributed by atoms with Gasteiger partial charge in [0.1, 0.15) is 0 Å². The third kappa shape index (κ3) is 5.80. The summed E-state index contributed by atoms with van der Waals surface area (Å²) in [6.45, 7) is 12.0. The van der Waals surface area contributed by atoms with Gasteiger partial charge in [-0.2, -0.15) is 0 Å². The fraction of sp³-hybridized carbons (Fsp3) is 1.00. The van der Waals surface area contributed by atoms with Crippen LogP contribution in [0.2, 0.25) is 0 Å². The molecule has 0 aromatic heterocycles. The van der Waals surface area contributed by atoms with E-state index in [4.69, 9.17) is 4.74 Å². The zero-order valence-electron chi connectivity index (χ0n) is 11.1. The van der Waals surface area contributed by atoms with E-state index in [-0.39, 0.29) is 0 Å². The van der Waals surface area contributed by atoms with Crippen molar-refractivity contribution in [3.8, 4) is 0 Å². The molecule has 0 aliphatic carbocycles. The van der Waals surface area contributed by atoms with Crippen molar-refractivity contribution in [2.75, 3.05) is 73.1 Å². The van der Waals surface area contributed by atoms with Crippen LogP contribution in [0.25, 0.3) is 0 Å². The van der Waals surface area contributed by atoms with Gasteiger partial charge >= 0.3 is 0 Å². The van der Waals surface area contributed by atoms with Gasteiger partial charge in [0.2, 0.25) is 0 Å². The second kappa shape index (κ2) is 8.01. The molecule has 0 radical (unpaired) electrons. The van der Waals surface area contributed by atoms with Gasteiger partial charge in [-0.3, -0.25) is 4.90 Å². The predicted molar refractivity (Wildman–Crippen MR) is 67.9 cm³/mol. The minimum Gasteiger partial charge on any atom is -0.380 e. The molecule has 1 fully saturated rings. The van der Waals surface area contributed by atoms with Crippen molar-refractivity contribution >= 4 is 0 Å². The molecule has 0 aromatic carbocycles. The number of likely N-dealkylation sites (N-methyl/N-ethyl adjacent to an activating group) is 2. The molecule has 0 saturated carbocycles. The van der Waals surface area contributed by atoms with Crippen LogP contribution in [0.1, 0.15) is 6.92 Å². The van der Waals surface area contributed by atoms with Gasteiger partial charge in [-0.1, -0.05) is 0 Å². The monoisotopic (exact) mass is 229 g/mol. The Labute approximate surface area is 100 Å². The number of piperazine rings is 1. The Kier molecular flexibility index (Phi) is 6.96. The summed E-state index contributed by atoms with van der Waals surface area (Å²) in [6.07, 6.45) is 0. The van der Waals surface area contributed by atoms with Gasteiger partial charge in [0.05, 0.1) is 6.61 Å². The van der Waals surface area contributed by atoms with E-state index in [9.17, 15) is 0 Å². The van der Waals surface area contributed by atoms with Gasteiger partial charge < -0.3 is 14.5 Å². The van der Waals surface area contributed by atoms with Crippen LogP contribution in [0.3, 0.4) is 0 Å². The summed E-state index contributed by atoms with van der Waals surface area (Å²) in [7, 11) is 4.38. The van der Waals surface area contributed by atoms with Gasteiger partial charge in [0, 0.05) is 52.4 Å². The molecule has 0 amide bonds. The molecule has 0 unspecified atom stereocenters. The number of hydrogen-bond donors (Lipinski definition) is 0. The second-order valence-corrected chi connectivity index (χ2v) is 4.65. The summed E-state index contributed by atoms with van der Waals surface area (Å²) in [4.78, 5) is 7.31. The molecule has 96 valence electrons. The maximum absolute atomic E-state index is 5.35. The first-order chi connectivity index (χ1) is 7.72. The maximum atomic E-state index is 5.35. The van der Waals surface area contributed by atoms with E-state index in [1.54, 1.807) is 0 Å². The number of rotatable bonds is 7. The Morgan fingerprint density at radius 1 is 1.12 bits per heavy atom. The first-order valence-corrected chi connectivity index (χ1v) is 6.39. The Morgan fingerprint density at radius 3 is 2.44 bits per heavy atom. The molecule has 4 nitrogen and oxygen atoms in total. The molecule has 0 spiro atoms. The lowest BCUT2D eigenvalue weighted by Gasteiger charge is -2.33. The number of ether oxygens (including phenoxy) is 1. The molecule has 16 heavy (non-hydrogen) atoms. The summed E-state index contributed by atoms with van der Waals surface area (Å²) < 4.78 is 5.35. The highest BCUT2D eigenvalue weighted by atomic mass is 16.5. The van der Waals surface area contributed by atoms with Crippen molar-refractivity contribution < 1.29 is 4.74 Å². The van der Waals surface area contributed by atoms with Crippen LogP contribution in [0.5, 0.6) is 0 Å². The third-order valence-electron chi connectivity index (χ3n) is 3.22. The number of hydrogen-bond acceptors (Lipinski definition) is 4. The molecule has 0 bridgehead atoms. The van der Waals surface area contributed by atoms with Crippen LogP contribution in [-0.4, -0.2) is 87.8 Å². The normalized spacial score (nSPS) is 19.5. The number of nitrogens with zero attached hydrogens (tertiary/aromatic N) is 3. The Balaban J connectivity index is 2.00. The third-order valence-corrected chi connectivity index (χ3v) is 3.22. The smallest absolute Gasteiger partial charge is 0.0593 e. The molecular formula is C12H27N3O. The van der Waals surface area contributed by atoms with Gasteiger partial charge in [-0.15, -0.1) is 0 Å². The van der Waals surface area contributed by atoms with Gasteiger partial charge in [-0.25, -0.2) is 0 Å². The largest absolute Gasteiger partial charge is 0.380 e. The lowest BCUT2D eigenvalue weighted by atomic mass is 10.3. The highest BCUT2D eigenvalue weighted by Gasteiger charge is 2.13. The van der Waals surface area contributed by atoms with E-state index >= 15 is 0 Å². The Hall–Kier alpha value is -0.160. The first kappa shape index (κ1) is 13.9. The zero-order chi connectivity index (χ0) is 11.8. The van der Waals surface area contributed by atoms with Crippen molar-refractivity contribution in [1.82, 2.24) is 14.7 Å². The van der Waals surface area contributed by atoms with E-state index in [2.05, 4.69) is 28.8 Å². The molecular weight excluding hydrogens is 202 g/mol. The fourth-order valence-electron chi connectivity index (χ4n) is 1.86. The van der Waals surface area contributed by atoms with Crippen LogP contribution in [-0.2, 0) is 4.74 Å². The van der Waals surface area contributed by atoms with Crippen LogP contribution < -0.4 is 0 Å². The van der Waals surface area contributed by atoms with Gasteiger partial charge in [0.15, 0.2) is 0 Å². The molecule has 1 heterocycles. The molecule has 1 saturated heterocycles. The summed E-state index contributed by atoms with van der Waals surface area (Å²) in [5.41, 5.74) is 0. The van der Waals surface area contributed by atoms with E-state index in [1.165, 1.54) is 32.7 Å². The molecule has 0 atom stereocenters. The van der Waals surface area contributed by atoms with Crippen molar-refractivity contribution in [3.05, 3.63) is 0 Å². The van der Waals surface area contributed by atoms with Crippen molar-refractivity contribution in [2.45, 2.75) is 6.92 Å². The van der Waals surface area contributed by atoms with Gasteiger partial charge in [-0.05, 0) is 21.0 Å². The Bertz CT molecular complexity index is 170. The van der Waals surface area contributed by atoms with Crippen LogP contribution in [0.4, 0.5) is 0 Å². The predicted octanol–water partition coefficient (Wildman–Crippen LogP) is 0.202. The maximum Gasteiger partial charge on any atom is 0.0593 e. The highest BCUT2D eigenvalue weighted by Crippen LogP contribution is 1.98. The molecule has 1 aliphatic heterocycles. The van der Waals surface area contributed by atoms with Gasteiger partial charge in [0.25, 0.3) is 0 Å². The minimum absolute atomic E-state index is 0.826. The molecule has 0 N–H and O–H groups in total. The van der Waals surface area contributed by atoms with Crippen molar-refractivity contribution in [1.29, 1.82) is 0 Å². The highest BCUT2D eigenvalue weighted by molar-refractivity contribution is 4.70. The summed E-state index contributed by atoms with van der Waals surface area (Å²) in [5.74, 6) is 0. The lowest BCUT2D eigenvalue weighted by molar-refractivity contribution is 0.108. The Morgan fingerprint density at radius 2 is 1.81 bits per heavy atom. The average Bonchev–Trinajstić information content (AvgIpc) is 2.29. The van der Waals surface area contributed by atoms with E-state index in [0.717, 1.165) is 26.3 Å². The topological polar surface area (TPSA) is 19.0 Å². The van der Waals surface area contributed by atoms with E-state index in [0.29, 0.717) is 0 Å². The molecule has 1 rings (SSSR count). The first-order valence-electron chi connectivity index (χ1n) is 6.39. The average molecular weight is 229 g/mol. The molecule has 4 heteroatoms. The van der Waals surface area contributed by atoms with Crippen LogP contribution in [0, 0.1) is 0 Å². The quantitative estimate of drug-likeness (QED) is 0.581. The standard InChI is InChI=1S/C12H27N3O/c1-4-16-12-11-14(3)7-10-15-8-5-13(2)6-9-15/h4-12H2,1-3H3. The molecule has 1 aliphatic rings. The van der Waals surface area contributed by atoms with Crippen LogP contribution >= 0.6 is 0 Å². The SMILES string of the molecule is CCOCCN(C)CCN1CCN(C)CC1. The van der Waals surface area contributed by atoms with E-state index < -0.39 is 0 Å². The summed E-state index contributed by atoms with van der Waals surface area (Å²) >= 11 is 0. The minimum atomic E-state index is 0.826. The summed E-state index contributed by atoms with van der Waals surface area (Å²) in [6, 6.07) is 0. The van der Waals surface area contributed by atoms with Crippen molar-refractivity contribution in [3.63, 3.8) is 0 Å². The summed E-state index contributed by atoms with van der Waals surface area (Å²) in [5, 5.41) is 0. The zero-order valence-corrected chi connectivity index (χ0v) is 11.1. The fourth-order valence-corrected chi connectivity index (χ4v) is 1.86. The van der Waals surface area contributed by atoms with E-state index in [1.807, 2.05) is 6.92 Å². The van der Waals surface area contributed by atoms with Crippen molar-refractivity contribution in [2.24, 2.45) is 0 Å². The molecule has 0 aromatic rings. The van der Waals surface area contributed by atoms with Crippen LogP contribution in [0.15, 0.2) is 0 Å². The second-order valence-electron chi connectivity index (χ2n) is 4.65. The lowest BCUT2D eigenvalue weighted by Crippen LogP contribution is -2.46.